The number of aromatic nitrogens is 1. The molecule has 0 radical (unpaired) electrons. The number of likely N-dealkylation sites (tertiary alicyclic amines) is 1. The number of anilines is 1. The lowest BCUT2D eigenvalue weighted by Crippen LogP contribution is -2.46. The molecule has 0 aliphatic carbocycles. The van der Waals surface area contributed by atoms with Gasteiger partial charge >= 0.3 is 0 Å². The van der Waals surface area contributed by atoms with Crippen LogP contribution in [0.3, 0.4) is 0 Å². The fourth-order valence-electron chi connectivity index (χ4n) is 5.34. The molecule has 3 heterocycles. The molecule has 1 fully saturated rings. The van der Waals surface area contributed by atoms with Crippen LogP contribution in [-0.4, -0.2) is 47.0 Å². The number of methoxy groups -OCH3 is 1. The number of amides is 1. The highest BCUT2D eigenvalue weighted by molar-refractivity contribution is 5.95. The Bertz CT molecular complexity index is 1370. The molecule has 2 bridgehead atoms. The second-order valence-corrected chi connectivity index (χ2v) is 9.48. The van der Waals surface area contributed by atoms with Gasteiger partial charge in [-0.05, 0) is 66.4 Å². The van der Waals surface area contributed by atoms with Crippen molar-refractivity contribution in [1.82, 2.24) is 14.9 Å². The van der Waals surface area contributed by atoms with Crippen LogP contribution in [0.4, 0.5) is 5.69 Å². The number of pyridine rings is 1. The number of hydrogen-bond acceptors (Lipinski definition) is 8. The molecule has 2 N–H and O–H groups in total. The summed E-state index contributed by atoms with van der Waals surface area (Å²) in [6, 6.07) is 16.8. The van der Waals surface area contributed by atoms with Crippen LogP contribution in [0.1, 0.15) is 39.5 Å². The second kappa shape index (κ2) is 10.6. The first-order chi connectivity index (χ1) is 17.9. The first kappa shape index (κ1) is 24.7. The van der Waals surface area contributed by atoms with Crippen LogP contribution in [0.5, 0.6) is 5.75 Å². The highest BCUT2D eigenvalue weighted by atomic mass is 16.8. The molecule has 0 saturated carbocycles. The van der Waals surface area contributed by atoms with Crippen molar-refractivity contribution in [3.63, 3.8) is 0 Å². The second-order valence-electron chi connectivity index (χ2n) is 9.48. The smallest absolute Gasteiger partial charge is 0.271 e. The number of hydrogen-bond donors (Lipinski definition) is 2. The molecule has 2 aromatic carbocycles. The number of carbonyl (C=O) groups excluding carboxylic acids is 1. The molecule has 0 spiro atoms. The number of nitrogens with zero attached hydrogens (tertiary/aromatic N) is 4. The van der Waals surface area contributed by atoms with E-state index in [-0.39, 0.29) is 16.5 Å². The van der Waals surface area contributed by atoms with Gasteiger partial charge < -0.3 is 19.7 Å². The Morgan fingerprint density at radius 3 is 2.76 bits per heavy atom. The number of carbonyl (C=O) groups is 1. The minimum Gasteiger partial charge on any atom is -0.733 e. The van der Waals surface area contributed by atoms with E-state index in [1.54, 1.807) is 19.4 Å². The summed E-state index contributed by atoms with van der Waals surface area (Å²) in [5.74, 6) is 1.10. The maximum absolute atomic E-state index is 12.3. The number of ether oxygens (including phenoxy) is 1. The summed E-state index contributed by atoms with van der Waals surface area (Å²) in [5.41, 5.74) is 5.83. The van der Waals surface area contributed by atoms with Gasteiger partial charge in [0.1, 0.15) is 5.75 Å². The minimum atomic E-state index is -0.439. The normalized spacial score (nSPS) is 18.9. The fourth-order valence-corrected chi connectivity index (χ4v) is 5.34. The first-order valence-electron chi connectivity index (χ1n) is 12.1. The Morgan fingerprint density at radius 2 is 2.00 bits per heavy atom. The Balaban J connectivity index is 1.26. The largest absolute Gasteiger partial charge is 0.733 e. The average molecular weight is 503 g/mol. The SMILES string of the molecule is COc1ccc(/C=N/NC(=O)c2ccc(N([O-])O)cc2)cc1CN1C[C@@H]2C[C@@H](C1)c1cccc(=O)n1C2. The van der Waals surface area contributed by atoms with E-state index in [4.69, 9.17) is 9.94 Å². The van der Waals surface area contributed by atoms with Crippen LogP contribution < -0.4 is 20.9 Å². The van der Waals surface area contributed by atoms with Crippen LogP contribution in [0.2, 0.25) is 0 Å². The van der Waals surface area contributed by atoms with Gasteiger partial charge in [0, 0.05) is 55.0 Å². The molecule has 5 rings (SSSR count). The lowest BCUT2D eigenvalue weighted by atomic mass is 9.83. The molecular weight excluding hydrogens is 474 g/mol. The van der Waals surface area contributed by atoms with Gasteiger partial charge in [-0.15, -0.1) is 0 Å². The third kappa shape index (κ3) is 5.41. The highest BCUT2D eigenvalue weighted by Gasteiger charge is 2.34. The number of piperidine rings is 1. The van der Waals surface area contributed by atoms with Gasteiger partial charge in [-0.25, -0.2) is 5.43 Å². The number of rotatable bonds is 7. The van der Waals surface area contributed by atoms with Crippen LogP contribution in [-0.2, 0) is 13.1 Å². The summed E-state index contributed by atoms with van der Waals surface area (Å²) < 4.78 is 7.54. The first-order valence-corrected chi connectivity index (χ1v) is 12.1. The Kier molecular flexibility index (Phi) is 7.04. The van der Waals surface area contributed by atoms with Gasteiger partial charge in [0.2, 0.25) is 0 Å². The van der Waals surface area contributed by atoms with Gasteiger partial charge in [-0.1, -0.05) is 6.07 Å². The molecular formula is C27H28N5O5-. The molecule has 2 aliphatic heterocycles. The van der Waals surface area contributed by atoms with Gasteiger partial charge in [0.05, 0.1) is 19.0 Å². The average Bonchev–Trinajstić information content (AvgIpc) is 2.89. The third-order valence-electron chi connectivity index (χ3n) is 6.98. The summed E-state index contributed by atoms with van der Waals surface area (Å²) in [7, 11) is 1.65. The summed E-state index contributed by atoms with van der Waals surface area (Å²) in [6.45, 7) is 3.24. The minimum absolute atomic E-state index is 0.0290. The quantitative estimate of drug-likeness (QED) is 0.376. The molecule has 2 aliphatic rings. The molecule has 0 unspecified atom stereocenters. The van der Waals surface area contributed by atoms with E-state index < -0.39 is 5.91 Å². The van der Waals surface area contributed by atoms with Crippen molar-refractivity contribution in [2.45, 2.75) is 25.4 Å². The molecule has 1 aromatic heterocycles. The fraction of sp³-hybridized carbons (Fsp3) is 0.296. The third-order valence-corrected chi connectivity index (χ3v) is 6.98. The molecule has 192 valence electrons. The highest BCUT2D eigenvalue weighted by Crippen LogP contribution is 2.36. The van der Waals surface area contributed by atoms with Crippen molar-refractivity contribution >= 4 is 17.8 Å². The van der Waals surface area contributed by atoms with Crippen LogP contribution in [0.25, 0.3) is 0 Å². The Morgan fingerprint density at radius 1 is 1.19 bits per heavy atom. The van der Waals surface area contributed by atoms with Gasteiger partial charge in [0.15, 0.2) is 0 Å². The molecule has 3 aromatic rings. The van der Waals surface area contributed by atoms with Crippen molar-refractivity contribution in [3.8, 4) is 5.75 Å². The number of fused-ring (bicyclic) bond motifs is 4. The maximum atomic E-state index is 12.3. The maximum Gasteiger partial charge on any atom is 0.271 e. The summed E-state index contributed by atoms with van der Waals surface area (Å²) in [5, 5.41) is 23.6. The summed E-state index contributed by atoms with van der Waals surface area (Å²) in [4.78, 5) is 27.0. The van der Waals surface area contributed by atoms with Crippen molar-refractivity contribution in [2.75, 3.05) is 25.4 Å². The van der Waals surface area contributed by atoms with E-state index in [0.717, 1.165) is 48.6 Å². The monoisotopic (exact) mass is 502 g/mol. The van der Waals surface area contributed by atoms with Crippen molar-refractivity contribution < 1.29 is 14.7 Å². The van der Waals surface area contributed by atoms with Crippen LogP contribution in [0, 0.1) is 11.1 Å². The number of hydrazone groups is 1. The van der Waals surface area contributed by atoms with Crippen molar-refractivity contribution in [2.24, 2.45) is 11.0 Å². The zero-order chi connectivity index (χ0) is 25.9. The van der Waals surface area contributed by atoms with Gasteiger partial charge in [0.25, 0.3) is 11.5 Å². The number of nitrogens with one attached hydrogen (secondary N) is 1. The van der Waals surface area contributed by atoms with Crippen molar-refractivity contribution in [1.29, 1.82) is 0 Å². The summed E-state index contributed by atoms with van der Waals surface area (Å²) in [6.07, 6.45) is 2.66. The van der Waals surface area contributed by atoms with E-state index in [1.807, 2.05) is 28.8 Å². The van der Waals surface area contributed by atoms with Crippen LogP contribution in [0.15, 0.2) is 70.6 Å². The Labute approximate surface area is 213 Å². The van der Waals surface area contributed by atoms with E-state index in [1.165, 1.54) is 24.3 Å². The van der Waals surface area contributed by atoms with Gasteiger partial charge in [-0.3, -0.25) is 19.7 Å². The van der Waals surface area contributed by atoms with E-state index in [9.17, 15) is 14.8 Å². The predicted octanol–water partition coefficient (Wildman–Crippen LogP) is 2.93. The molecule has 2 atom stereocenters. The zero-order valence-corrected chi connectivity index (χ0v) is 20.4. The molecule has 37 heavy (non-hydrogen) atoms. The summed E-state index contributed by atoms with van der Waals surface area (Å²) >= 11 is 0. The van der Waals surface area contributed by atoms with Crippen molar-refractivity contribution in [3.05, 3.63) is 98.6 Å². The lowest BCUT2D eigenvalue weighted by Gasteiger charge is -2.42. The molecule has 10 heteroatoms. The predicted molar refractivity (Wildman–Crippen MR) is 139 cm³/mol. The lowest BCUT2D eigenvalue weighted by molar-refractivity contribution is 0.0955. The van der Waals surface area contributed by atoms with E-state index >= 15 is 0 Å². The van der Waals surface area contributed by atoms with Gasteiger partial charge in [-0.2, -0.15) is 5.10 Å². The topological polar surface area (TPSA) is 122 Å². The standard InChI is InChI=1S/C27H28N5O5/c1-37-25-10-5-18(13-28-29-27(34)20-6-8-23(9-7-20)32(35)36)11-22(25)17-30-14-19-12-21(16-30)24-3-2-4-26(33)31(24)15-19/h2-11,13,19,21,35H,12,14-17H2,1H3,(H,29,34)/q-1/b28-13+/t19-,21-/m0/s1. The number of benzene rings is 2. The van der Waals surface area contributed by atoms with E-state index in [2.05, 4.69) is 21.5 Å². The molecule has 10 nitrogen and oxygen atoms in total. The zero-order valence-electron chi connectivity index (χ0n) is 20.4. The van der Waals surface area contributed by atoms with E-state index in [0.29, 0.717) is 23.9 Å². The molecule has 1 saturated heterocycles. The molecule has 1 amide bonds. The van der Waals surface area contributed by atoms with Crippen LogP contribution >= 0.6 is 0 Å². The Hall–Kier alpha value is -3.99.